The van der Waals surface area contributed by atoms with E-state index >= 15 is 0 Å². The van der Waals surface area contributed by atoms with Crippen LogP contribution in [-0.4, -0.2) is 72.4 Å². The van der Waals surface area contributed by atoms with Gasteiger partial charge in [-0.25, -0.2) is 4.79 Å². The first-order valence-corrected chi connectivity index (χ1v) is 15.7. The van der Waals surface area contributed by atoms with Gasteiger partial charge < -0.3 is 19.7 Å². The van der Waals surface area contributed by atoms with Gasteiger partial charge in [0, 0.05) is 28.2 Å². The Hall–Kier alpha value is -3.59. The van der Waals surface area contributed by atoms with Crippen molar-refractivity contribution >= 4 is 27.4 Å². The van der Waals surface area contributed by atoms with Crippen molar-refractivity contribution in [1.29, 1.82) is 0 Å². The summed E-state index contributed by atoms with van der Waals surface area (Å²) in [7, 11) is 1.73. The lowest BCUT2D eigenvalue weighted by molar-refractivity contribution is 0.0691. The molecule has 0 atom stereocenters. The second-order valence-electron chi connectivity index (χ2n) is 11.3. The van der Waals surface area contributed by atoms with Gasteiger partial charge in [-0.3, -0.25) is 9.80 Å². The van der Waals surface area contributed by atoms with Gasteiger partial charge in [-0.1, -0.05) is 12.1 Å². The number of aromatic hydroxyl groups is 1. The third kappa shape index (κ3) is 6.26. The fraction of sp³-hybridized carbons (Fsp3) is 0.382. The van der Waals surface area contributed by atoms with Gasteiger partial charge in [0.15, 0.2) is 0 Å². The van der Waals surface area contributed by atoms with E-state index in [0.29, 0.717) is 18.8 Å². The average Bonchev–Trinajstić information content (AvgIpc) is 3.76. The Balaban J connectivity index is 1.31. The number of carbonyl (C=O) groups is 1. The summed E-state index contributed by atoms with van der Waals surface area (Å²) in [6, 6.07) is 17.4. The summed E-state index contributed by atoms with van der Waals surface area (Å²) in [6.07, 6.45) is 5.56. The number of nitrogens with zero attached hydrogens (tertiary/aromatic N) is 2. The van der Waals surface area contributed by atoms with E-state index in [0.717, 1.165) is 76.7 Å². The molecule has 220 valence electrons. The zero-order valence-corrected chi connectivity index (χ0v) is 24.9. The van der Waals surface area contributed by atoms with Crippen molar-refractivity contribution < 1.29 is 24.5 Å². The van der Waals surface area contributed by atoms with Gasteiger partial charge in [-0.15, -0.1) is 11.3 Å². The molecule has 4 aromatic rings. The maximum atomic E-state index is 12.3. The Kier molecular flexibility index (Phi) is 8.65. The number of ether oxygens (including phenoxy) is 2. The minimum Gasteiger partial charge on any atom is -0.508 e. The summed E-state index contributed by atoms with van der Waals surface area (Å²) >= 11 is 1.57. The molecule has 0 radical (unpaired) electrons. The first-order valence-electron chi connectivity index (χ1n) is 14.8. The van der Waals surface area contributed by atoms with Crippen molar-refractivity contribution in [3.05, 3.63) is 76.9 Å². The fourth-order valence-electron chi connectivity index (χ4n) is 6.22. The highest BCUT2D eigenvalue weighted by Gasteiger charge is 2.21. The molecule has 1 aromatic heterocycles. The normalized spacial score (nSPS) is 15.9. The number of hydrogen-bond acceptors (Lipinski definition) is 7. The predicted octanol–water partition coefficient (Wildman–Crippen LogP) is 6.64. The van der Waals surface area contributed by atoms with Crippen molar-refractivity contribution in [2.45, 2.75) is 38.6 Å². The number of fused-ring (bicyclic) bond motifs is 1. The topological polar surface area (TPSA) is 82.5 Å². The van der Waals surface area contributed by atoms with Crippen LogP contribution < -0.4 is 9.47 Å². The van der Waals surface area contributed by atoms with Crippen LogP contribution in [0, 0.1) is 0 Å². The van der Waals surface area contributed by atoms with E-state index in [4.69, 9.17) is 9.47 Å². The molecule has 0 bridgehead atoms. The molecule has 3 heterocycles. The average molecular weight is 587 g/mol. The second kappa shape index (κ2) is 12.7. The van der Waals surface area contributed by atoms with Gasteiger partial charge in [-0.05, 0) is 123 Å². The lowest BCUT2D eigenvalue weighted by Crippen LogP contribution is -2.25. The van der Waals surface area contributed by atoms with Crippen molar-refractivity contribution in [3.8, 4) is 27.7 Å². The summed E-state index contributed by atoms with van der Waals surface area (Å²) in [6.45, 7) is 6.55. The van der Waals surface area contributed by atoms with Crippen LogP contribution in [0.25, 0.3) is 20.5 Å². The summed E-state index contributed by atoms with van der Waals surface area (Å²) in [5.74, 6) is 0.486. The van der Waals surface area contributed by atoms with E-state index in [-0.39, 0.29) is 11.3 Å². The van der Waals surface area contributed by atoms with Crippen molar-refractivity contribution in [3.63, 3.8) is 0 Å². The monoisotopic (exact) mass is 586 g/mol. The van der Waals surface area contributed by atoms with Crippen LogP contribution in [0.4, 0.5) is 0 Å². The molecule has 7 nitrogen and oxygen atoms in total. The molecule has 2 aliphatic rings. The molecule has 2 fully saturated rings. The van der Waals surface area contributed by atoms with Crippen molar-refractivity contribution in [1.82, 2.24) is 9.80 Å². The van der Waals surface area contributed by atoms with E-state index in [9.17, 15) is 15.0 Å². The van der Waals surface area contributed by atoms with Crippen LogP contribution in [0.15, 0.2) is 54.6 Å². The number of phenolic OH excluding ortho intramolecular Hbond substituents is 1. The zero-order chi connectivity index (χ0) is 29.1. The van der Waals surface area contributed by atoms with Gasteiger partial charge in [0.05, 0.1) is 7.11 Å². The number of hydrogen-bond donors (Lipinski definition) is 2. The van der Waals surface area contributed by atoms with E-state index in [2.05, 4.69) is 28.0 Å². The van der Waals surface area contributed by atoms with Gasteiger partial charge in [0.25, 0.3) is 0 Å². The number of carboxylic acid groups (broad SMARTS) is 1. The van der Waals surface area contributed by atoms with Crippen LogP contribution in [0.2, 0.25) is 0 Å². The van der Waals surface area contributed by atoms with Crippen LogP contribution in [0.5, 0.6) is 17.2 Å². The number of aromatic carboxylic acids is 1. The quantitative estimate of drug-likeness (QED) is 0.204. The summed E-state index contributed by atoms with van der Waals surface area (Å²) < 4.78 is 12.7. The van der Waals surface area contributed by atoms with E-state index < -0.39 is 5.97 Å². The summed E-state index contributed by atoms with van der Waals surface area (Å²) in [5.41, 5.74) is 4.39. The highest BCUT2D eigenvalue weighted by Crippen LogP contribution is 2.42. The second-order valence-corrected chi connectivity index (χ2v) is 12.4. The molecule has 8 heteroatoms. The number of rotatable bonds is 11. The molecule has 0 amide bonds. The Morgan fingerprint density at radius 3 is 2.40 bits per heavy atom. The third-order valence-corrected chi connectivity index (χ3v) is 9.68. The highest BCUT2D eigenvalue weighted by molar-refractivity contribution is 7.22. The molecule has 2 aliphatic heterocycles. The van der Waals surface area contributed by atoms with E-state index in [1.165, 1.54) is 31.2 Å². The lowest BCUT2D eigenvalue weighted by Gasteiger charge is -2.18. The lowest BCUT2D eigenvalue weighted by atomic mass is 9.97. The smallest absolute Gasteiger partial charge is 0.339 e. The van der Waals surface area contributed by atoms with E-state index in [1.54, 1.807) is 42.7 Å². The predicted molar refractivity (Wildman–Crippen MR) is 167 cm³/mol. The van der Waals surface area contributed by atoms with Gasteiger partial charge in [0.2, 0.25) is 0 Å². The Labute approximate surface area is 250 Å². The minimum atomic E-state index is -1.01. The van der Waals surface area contributed by atoms with Crippen molar-refractivity contribution in [2.24, 2.45) is 0 Å². The number of phenols is 1. The van der Waals surface area contributed by atoms with Crippen LogP contribution in [0.3, 0.4) is 0 Å². The summed E-state index contributed by atoms with van der Waals surface area (Å²) in [4.78, 5) is 18.1. The highest BCUT2D eigenvalue weighted by atomic mass is 32.1. The largest absolute Gasteiger partial charge is 0.508 e. The first-order chi connectivity index (χ1) is 20.5. The fourth-order valence-corrected chi connectivity index (χ4v) is 7.47. The molecule has 3 aromatic carbocycles. The van der Waals surface area contributed by atoms with Crippen LogP contribution in [0.1, 0.15) is 52.7 Å². The number of thiophene rings is 1. The molecule has 42 heavy (non-hydrogen) atoms. The molecule has 0 aliphatic carbocycles. The van der Waals surface area contributed by atoms with Gasteiger partial charge in [0.1, 0.15) is 29.4 Å². The van der Waals surface area contributed by atoms with Crippen LogP contribution >= 0.6 is 11.3 Å². The van der Waals surface area contributed by atoms with Gasteiger partial charge >= 0.3 is 5.97 Å². The Morgan fingerprint density at radius 2 is 1.67 bits per heavy atom. The number of likely N-dealkylation sites (tertiary alicyclic amines) is 2. The SMILES string of the molecule is COc1cc(Cc2c(-c3ccc(OCCN4CCCC4)c(C(=O)O)c3)sc3cc(O)ccc23)ccc1CN1CCCC1. The molecule has 6 rings (SSSR count). The van der Waals surface area contributed by atoms with Crippen LogP contribution in [-0.2, 0) is 13.0 Å². The molecular weight excluding hydrogens is 548 g/mol. The minimum absolute atomic E-state index is 0.160. The molecular formula is C34H38N2O5S. The van der Waals surface area contributed by atoms with Crippen molar-refractivity contribution in [2.75, 3.05) is 46.4 Å². The molecule has 0 spiro atoms. The summed E-state index contributed by atoms with van der Waals surface area (Å²) in [5, 5.41) is 21.3. The number of methoxy groups -OCH3 is 1. The molecule has 2 saturated heterocycles. The number of benzene rings is 3. The standard InChI is InChI=1S/C34H38N2O5S/c1-40-31-19-23(6-7-25(31)22-36-14-4-5-15-36)18-28-27-10-9-26(37)21-32(27)42-33(28)24-8-11-30(29(20-24)34(38)39)41-17-16-35-12-2-3-13-35/h6-11,19-21,37H,2-5,12-18,22H2,1H3,(H,38,39). The number of carboxylic acids is 1. The van der Waals surface area contributed by atoms with Gasteiger partial charge in [-0.2, -0.15) is 0 Å². The Morgan fingerprint density at radius 1 is 0.905 bits per heavy atom. The zero-order valence-electron chi connectivity index (χ0n) is 24.1. The Bertz CT molecular complexity index is 1570. The molecule has 0 saturated carbocycles. The maximum Gasteiger partial charge on any atom is 0.339 e. The molecule has 2 N–H and O–H groups in total. The molecule has 0 unspecified atom stereocenters. The van der Waals surface area contributed by atoms with E-state index in [1.807, 2.05) is 12.1 Å². The first kappa shape index (κ1) is 28.5. The maximum absolute atomic E-state index is 12.3. The third-order valence-electron chi connectivity index (χ3n) is 8.44.